The van der Waals surface area contributed by atoms with Crippen molar-refractivity contribution >= 4 is 28.6 Å². The van der Waals surface area contributed by atoms with E-state index in [1.165, 1.54) is 0 Å². The number of pyridine rings is 1. The molecule has 2 aromatic carbocycles. The van der Waals surface area contributed by atoms with Crippen LogP contribution in [0.4, 0.5) is 10.1 Å². The number of aromatic nitrogens is 6. The lowest BCUT2D eigenvalue weighted by Crippen LogP contribution is -2.41. The predicted molar refractivity (Wildman–Crippen MR) is 156 cm³/mol. The van der Waals surface area contributed by atoms with Crippen LogP contribution in [0, 0.1) is 11.8 Å². The lowest BCUT2D eigenvalue weighted by Gasteiger charge is -2.35. The standard InChI is InChI=1S/C31H29FN8O4/c32-23-16-22(23)29(42)34-21-6-7-26-24(15-21)35-30(44-26)20-8-11-33-25(14-20)31(43)39-12-9-19(10-13-39)28(18-4-2-1-3-5-18)40-37-27(17-41)36-38-40/h1-8,11,14-15,19,22-23,28,41H,9-10,12-13,16-17H2,(H,34,42)/t22-,23+,28-/m1/s1. The fourth-order valence-electron chi connectivity index (χ4n) is 5.74. The van der Waals surface area contributed by atoms with E-state index in [0.717, 1.165) is 18.4 Å². The number of benzene rings is 2. The fraction of sp³-hybridized carbons (Fsp3) is 0.323. The quantitative estimate of drug-likeness (QED) is 0.272. The summed E-state index contributed by atoms with van der Waals surface area (Å²) in [6, 6.07) is 18.2. The molecule has 12 nitrogen and oxygen atoms in total. The molecule has 5 aromatic rings. The Labute approximate surface area is 250 Å². The zero-order valence-corrected chi connectivity index (χ0v) is 23.6. The summed E-state index contributed by atoms with van der Waals surface area (Å²) in [5.41, 5.74) is 3.47. The maximum Gasteiger partial charge on any atom is 0.272 e. The SMILES string of the molecule is O=C(Nc1ccc2oc(-c3ccnc(C(=O)N4CCC([C@@H](c5ccccc5)n5nnc(CO)n5)CC4)c3)nc2c1)[C@@H]1C[C@@H]1F. The Morgan fingerprint density at radius 2 is 1.89 bits per heavy atom. The van der Waals surface area contributed by atoms with Crippen molar-refractivity contribution in [3.05, 3.63) is 83.9 Å². The number of carbonyl (C=O) groups excluding carboxylic acids is 2. The Morgan fingerprint density at radius 1 is 1.09 bits per heavy atom. The van der Waals surface area contributed by atoms with E-state index < -0.39 is 12.1 Å². The Balaban J connectivity index is 1.05. The molecule has 2 aliphatic rings. The first kappa shape index (κ1) is 27.8. The molecule has 1 aliphatic heterocycles. The van der Waals surface area contributed by atoms with Crippen LogP contribution in [-0.2, 0) is 11.4 Å². The van der Waals surface area contributed by atoms with Crippen LogP contribution in [0.5, 0.6) is 0 Å². The molecule has 0 unspecified atom stereocenters. The van der Waals surface area contributed by atoms with Gasteiger partial charge in [0.05, 0.1) is 5.92 Å². The summed E-state index contributed by atoms with van der Waals surface area (Å²) in [6.45, 7) is 0.773. The molecule has 7 rings (SSSR count). The van der Waals surface area contributed by atoms with E-state index in [9.17, 15) is 19.1 Å². The average Bonchev–Trinajstić information content (AvgIpc) is 3.41. The summed E-state index contributed by atoms with van der Waals surface area (Å²) in [5.74, 6) is -0.385. The van der Waals surface area contributed by atoms with Crippen LogP contribution in [0.15, 0.2) is 71.3 Å². The van der Waals surface area contributed by atoms with Crippen molar-refractivity contribution in [2.75, 3.05) is 18.4 Å². The largest absolute Gasteiger partial charge is 0.436 e. The molecule has 1 saturated carbocycles. The van der Waals surface area contributed by atoms with Crippen molar-refractivity contribution in [2.24, 2.45) is 11.8 Å². The molecule has 0 spiro atoms. The molecule has 224 valence electrons. The van der Waals surface area contributed by atoms with Crippen molar-refractivity contribution in [3.63, 3.8) is 0 Å². The van der Waals surface area contributed by atoms with Crippen molar-refractivity contribution in [1.29, 1.82) is 0 Å². The van der Waals surface area contributed by atoms with Gasteiger partial charge in [-0.15, -0.1) is 10.2 Å². The second-order valence-corrected chi connectivity index (χ2v) is 11.1. The first-order chi connectivity index (χ1) is 21.5. The predicted octanol–water partition coefficient (Wildman–Crippen LogP) is 3.81. The number of fused-ring (bicyclic) bond motifs is 1. The minimum absolute atomic E-state index is 0.151. The number of rotatable bonds is 8. The highest BCUT2D eigenvalue weighted by atomic mass is 19.1. The van der Waals surface area contributed by atoms with Crippen molar-refractivity contribution in [2.45, 2.75) is 38.1 Å². The van der Waals surface area contributed by atoms with Crippen LogP contribution in [0.3, 0.4) is 0 Å². The van der Waals surface area contributed by atoms with Crippen LogP contribution in [0.2, 0.25) is 0 Å². The molecule has 1 aliphatic carbocycles. The van der Waals surface area contributed by atoms with E-state index in [-0.39, 0.29) is 48.3 Å². The normalized spacial score (nSPS) is 19.2. The van der Waals surface area contributed by atoms with Crippen LogP contribution in [0.1, 0.15) is 47.2 Å². The number of amides is 2. The number of anilines is 1. The number of piperidine rings is 1. The molecular weight excluding hydrogens is 567 g/mol. The van der Waals surface area contributed by atoms with E-state index in [4.69, 9.17) is 4.42 Å². The van der Waals surface area contributed by atoms with E-state index in [0.29, 0.717) is 41.3 Å². The number of hydrogen-bond acceptors (Lipinski definition) is 9. The number of nitrogens with zero attached hydrogens (tertiary/aromatic N) is 7. The first-order valence-corrected chi connectivity index (χ1v) is 14.5. The molecule has 0 radical (unpaired) electrons. The Kier molecular flexibility index (Phi) is 7.30. The minimum Gasteiger partial charge on any atom is -0.436 e. The summed E-state index contributed by atoms with van der Waals surface area (Å²) in [6.07, 6.45) is 2.18. The van der Waals surface area contributed by atoms with Crippen LogP contribution < -0.4 is 5.32 Å². The van der Waals surface area contributed by atoms with E-state index >= 15 is 0 Å². The van der Waals surface area contributed by atoms with Gasteiger partial charge in [-0.2, -0.15) is 4.80 Å². The smallest absolute Gasteiger partial charge is 0.272 e. The number of tetrazole rings is 1. The van der Waals surface area contributed by atoms with Gasteiger partial charge in [0.2, 0.25) is 11.8 Å². The minimum atomic E-state index is -1.07. The summed E-state index contributed by atoms with van der Waals surface area (Å²) >= 11 is 0. The fourth-order valence-corrected chi connectivity index (χ4v) is 5.74. The van der Waals surface area contributed by atoms with Crippen LogP contribution in [-0.4, -0.2) is 71.3 Å². The van der Waals surface area contributed by atoms with E-state index in [1.54, 1.807) is 46.2 Å². The Hall–Kier alpha value is -5.04. The maximum absolute atomic E-state index is 13.5. The lowest BCUT2D eigenvalue weighted by molar-refractivity contribution is -0.117. The highest BCUT2D eigenvalue weighted by Crippen LogP contribution is 2.36. The summed E-state index contributed by atoms with van der Waals surface area (Å²) in [4.78, 5) is 37.9. The second-order valence-electron chi connectivity index (χ2n) is 11.1. The van der Waals surface area contributed by atoms with Gasteiger partial charge in [0.1, 0.15) is 30.0 Å². The van der Waals surface area contributed by atoms with E-state index in [1.807, 2.05) is 30.3 Å². The van der Waals surface area contributed by atoms with Crippen molar-refractivity contribution in [1.82, 2.24) is 35.1 Å². The van der Waals surface area contributed by atoms with Gasteiger partial charge in [0, 0.05) is 30.5 Å². The van der Waals surface area contributed by atoms with Gasteiger partial charge in [0.15, 0.2) is 11.4 Å². The first-order valence-electron chi connectivity index (χ1n) is 14.5. The average molecular weight is 597 g/mol. The van der Waals surface area contributed by atoms with Gasteiger partial charge < -0.3 is 19.7 Å². The summed E-state index contributed by atoms with van der Waals surface area (Å²) in [5, 5.41) is 24.7. The number of carbonyl (C=O) groups is 2. The highest BCUT2D eigenvalue weighted by Gasteiger charge is 2.43. The Bertz CT molecular complexity index is 1820. The van der Waals surface area contributed by atoms with Gasteiger partial charge in [-0.3, -0.25) is 14.6 Å². The number of oxazole rings is 1. The molecule has 1 saturated heterocycles. The third-order valence-corrected chi connectivity index (χ3v) is 8.20. The number of hydrogen-bond donors (Lipinski definition) is 2. The molecule has 44 heavy (non-hydrogen) atoms. The summed E-state index contributed by atoms with van der Waals surface area (Å²) in [7, 11) is 0. The molecule has 13 heteroatoms. The van der Waals surface area contributed by atoms with Gasteiger partial charge in [-0.25, -0.2) is 9.37 Å². The molecule has 2 amide bonds. The van der Waals surface area contributed by atoms with Gasteiger partial charge in [-0.1, -0.05) is 30.3 Å². The lowest BCUT2D eigenvalue weighted by atomic mass is 9.85. The van der Waals surface area contributed by atoms with Gasteiger partial charge in [0.25, 0.3) is 5.91 Å². The Morgan fingerprint density at radius 3 is 2.61 bits per heavy atom. The third-order valence-electron chi connectivity index (χ3n) is 8.20. The number of alkyl halides is 1. The molecular formula is C31H29FN8O4. The van der Waals surface area contributed by atoms with Crippen LogP contribution >= 0.6 is 0 Å². The third kappa shape index (κ3) is 5.53. The maximum atomic E-state index is 13.5. The summed E-state index contributed by atoms with van der Waals surface area (Å²) < 4.78 is 19.2. The molecule has 3 atom stereocenters. The monoisotopic (exact) mass is 596 g/mol. The van der Waals surface area contributed by atoms with Crippen molar-refractivity contribution in [3.8, 4) is 11.5 Å². The number of aliphatic hydroxyl groups excluding tert-OH is 1. The zero-order valence-electron chi connectivity index (χ0n) is 23.6. The number of nitrogens with one attached hydrogen (secondary N) is 1. The van der Waals surface area contributed by atoms with Gasteiger partial charge in [-0.05, 0) is 66.3 Å². The topological polar surface area (TPSA) is 152 Å². The zero-order chi connectivity index (χ0) is 30.2. The van der Waals surface area contributed by atoms with Crippen LogP contribution in [0.25, 0.3) is 22.6 Å². The molecule has 0 bridgehead atoms. The highest BCUT2D eigenvalue weighted by molar-refractivity contribution is 5.96. The van der Waals surface area contributed by atoms with E-state index in [2.05, 4.69) is 30.7 Å². The number of likely N-dealkylation sites (tertiary alicyclic amines) is 1. The molecule has 2 N–H and O–H groups in total. The molecule has 3 aromatic heterocycles. The van der Waals surface area contributed by atoms with Gasteiger partial charge >= 0.3 is 0 Å². The second kappa shape index (κ2) is 11.6. The molecule has 4 heterocycles. The number of halogens is 1. The number of aliphatic hydroxyl groups is 1. The molecule has 2 fully saturated rings. The van der Waals surface area contributed by atoms with Crippen molar-refractivity contribution < 1.29 is 23.5 Å².